The highest BCUT2D eigenvalue weighted by Crippen LogP contribution is 2.35. The number of nitrogens with zero attached hydrogens (tertiary/aromatic N) is 1. The molecule has 1 saturated carbocycles. The van der Waals surface area contributed by atoms with Crippen molar-refractivity contribution < 1.29 is 27.0 Å². The van der Waals surface area contributed by atoms with E-state index in [4.69, 9.17) is 19.5 Å². The Kier molecular flexibility index (Phi) is 10.1. The molecule has 3 rings (SSSR count). The van der Waals surface area contributed by atoms with Crippen molar-refractivity contribution in [2.24, 2.45) is 23.5 Å². The lowest BCUT2D eigenvalue weighted by Crippen LogP contribution is -2.35. The number of hydrogen-bond acceptors (Lipinski definition) is 7. The Hall–Kier alpha value is -2.23. The largest absolute Gasteiger partial charge is 0.462 e. The number of esters is 1. The van der Waals surface area contributed by atoms with Gasteiger partial charge in [-0.1, -0.05) is 50.0 Å². The first-order valence-corrected chi connectivity index (χ1v) is 12.8. The number of aryl methyl sites for hydroxylation is 2. The van der Waals surface area contributed by atoms with Gasteiger partial charge in [-0.15, -0.1) is 0 Å². The minimum Gasteiger partial charge on any atom is -0.462 e. The van der Waals surface area contributed by atoms with Gasteiger partial charge in [-0.3, -0.25) is 9.35 Å². The summed E-state index contributed by atoms with van der Waals surface area (Å²) < 4.78 is 40.4. The Morgan fingerprint density at radius 1 is 1.27 bits per heavy atom. The lowest BCUT2D eigenvalue weighted by molar-refractivity contribution is -0.155. The Morgan fingerprint density at radius 3 is 2.48 bits per heavy atom. The van der Waals surface area contributed by atoms with Crippen LogP contribution in [-0.4, -0.2) is 30.2 Å². The maximum absolute atomic E-state index is 12.1. The summed E-state index contributed by atoms with van der Waals surface area (Å²) in [6.45, 7) is 8.83. The number of aromatic nitrogens is 1. The number of carbonyl (C=O) groups is 1. The normalized spacial score (nSPS) is 20.8. The molecule has 2 aromatic rings. The van der Waals surface area contributed by atoms with Crippen LogP contribution in [0.15, 0.2) is 39.8 Å². The van der Waals surface area contributed by atoms with E-state index in [9.17, 15) is 13.2 Å². The van der Waals surface area contributed by atoms with Gasteiger partial charge in [0.15, 0.2) is 5.76 Å². The third-order valence-corrected chi connectivity index (χ3v) is 6.83. The minimum atomic E-state index is -4.02. The van der Waals surface area contributed by atoms with Crippen LogP contribution in [0.4, 0.5) is 0 Å². The summed E-state index contributed by atoms with van der Waals surface area (Å²) in [7, 11) is -4.02. The van der Waals surface area contributed by atoms with Gasteiger partial charge in [-0.05, 0) is 49.7 Å². The summed E-state index contributed by atoms with van der Waals surface area (Å²) in [5.41, 5.74) is 7.19. The first kappa shape index (κ1) is 27.0. The molecule has 1 fully saturated rings. The van der Waals surface area contributed by atoms with Crippen molar-refractivity contribution >= 4 is 16.1 Å². The second-order valence-corrected chi connectivity index (χ2v) is 10.6. The standard InChI is InChI=1S/C17H28N2O3.C7H8O3S/c1-11(2)15-6-4-12(3)8-16(15)21-17(20)7-5-13-9-14(10-18)22-19-13;1-6-2-4-7(5-3-6)11(8,9)10/h9,11-12,15-16H,4-8,10,18H2,1-3H3;2-5H,1H3,(H,8,9,10)/t12-,15+,16+;/m0./s1. The molecule has 1 heterocycles. The molecule has 33 heavy (non-hydrogen) atoms. The van der Waals surface area contributed by atoms with Gasteiger partial charge < -0.3 is 15.0 Å². The number of ether oxygens (including phenoxy) is 1. The van der Waals surface area contributed by atoms with Crippen molar-refractivity contribution in [3.63, 3.8) is 0 Å². The molecule has 0 radical (unpaired) electrons. The number of benzene rings is 1. The van der Waals surface area contributed by atoms with E-state index in [0.29, 0.717) is 42.9 Å². The number of carbonyl (C=O) groups excluding carboxylic acids is 1. The molecule has 3 N–H and O–H groups in total. The zero-order valence-corrected chi connectivity index (χ0v) is 20.7. The molecule has 0 aliphatic heterocycles. The van der Waals surface area contributed by atoms with Crippen LogP contribution < -0.4 is 5.73 Å². The molecule has 0 amide bonds. The highest BCUT2D eigenvalue weighted by molar-refractivity contribution is 7.85. The average molecular weight is 481 g/mol. The zero-order chi connectivity index (χ0) is 24.6. The Labute approximate surface area is 196 Å². The highest BCUT2D eigenvalue weighted by atomic mass is 32.2. The zero-order valence-electron chi connectivity index (χ0n) is 19.9. The predicted octanol–water partition coefficient (Wildman–Crippen LogP) is 4.31. The van der Waals surface area contributed by atoms with Crippen LogP contribution >= 0.6 is 0 Å². The van der Waals surface area contributed by atoms with Crippen molar-refractivity contribution in [1.82, 2.24) is 5.16 Å². The molecule has 1 aromatic heterocycles. The summed E-state index contributed by atoms with van der Waals surface area (Å²) in [5, 5.41) is 3.90. The topological polar surface area (TPSA) is 133 Å². The maximum atomic E-state index is 12.1. The molecule has 184 valence electrons. The fourth-order valence-corrected chi connectivity index (χ4v) is 4.47. The second-order valence-electron chi connectivity index (χ2n) is 9.13. The fraction of sp³-hybridized carbons (Fsp3) is 0.583. The molecule has 1 aromatic carbocycles. The molecule has 3 atom stereocenters. The van der Waals surface area contributed by atoms with E-state index in [0.717, 1.165) is 24.1 Å². The van der Waals surface area contributed by atoms with Crippen molar-refractivity contribution in [1.29, 1.82) is 0 Å². The van der Waals surface area contributed by atoms with Gasteiger partial charge in [0, 0.05) is 12.5 Å². The van der Waals surface area contributed by atoms with Crippen LogP contribution in [0.3, 0.4) is 0 Å². The van der Waals surface area contributed by atoms with E-state index < -0.39 is 10.1 Å². The van der Waals surface area contributed by atoms with E-state index in [2.05, 4.69) is 25.9 Å². The van der Waals surface area contributed by atoms with Crippen LogP contribution in [0.1, 0.15) is 63.5 Å². The van der Waals surface area contributed by atoms with Crippen molar-refractivity contribution in [3.05, 3.63) is 47.3 Å². The molecule has 0 unspecified atom stereocenters. The van der Waals surface area contributed by atoms with Gasteiger partial charge in [-0.2, -0.15) is 8.42 Å². The summed E-state index contributed by atoms with van der Waals surface area (Å²) >= 11 is 0. The van der Waals surface area contributed by atoms with Gasteiger partial charge in [0.25, 0.3) is 10.1 Å². The molecule has 1 aliphatic rings. The van der Waals surface area contributed by atoms with Gasteiger partial charge >= 0.3 is 5.97 Å². The molecular formula is C24H36N2O6S. The van der Waals surface area contributed by atoms with Gasteiger partial charge in [0.05, 0.1) is 23.6 Å². The van der Waals surface area contributed by atoms with E-state index in [1.807, 2.05) is 6.92 Å². The van der Waals surface area contributed by atoms with E-state index in [1.165, 1.54) is 18.6 Å². The molecule has 0 spiro atoms. The smallest absolute Gasteiger partial charge is 0.306 e. The number of nitrogens with two attached hydrogens (primary N) is 1. The SMILES string of the molecule is CC(C)[C@H]1CC[C@H](C)C[C@H]1OC(=O)CCc1cc(CN)on1.Cc1ccc(S(=O)(=O)O)cc1. The van der Waals surface area contributed by atoms with Crippen molar-refractivity contribution in [3.8, 4) is 0 Å². The highest BCUT2D eigenvalue weighted by Gasteiger charge is 2.33. The summed E-state index contributed by atoms with van der Waals surface area (Å²) in [6, 6.07) is 7.79. The van der Waals surface area contributed by atoms with Crippen LogP contribution in [0, 0.1) is 24.7 Å². The third kappa shape index (κ3) is 8.91. The van der Waals surface area contributed by atoms with Crippen LogP contribution in [0.25, 0.3) is 0 Å². The molecular weight excluding hydrogens is 444 g/mol. The van der Waals surface area contributed by atoms with Crippen LogP contribution in [0.5, 0.6) is 0 Å². The lowest BCUT2D eigenvalue weighted by Gasteiger charge is -2.36. The first-order chi connectivity index (χ1) is 15.5. The summed E-state index contributed by atoms with van der Waals surface area (Å²) in [6.07, 6.45) is 4.31. The van der Waals surface area contributed by atoms with Gasteiger partial charge in [0.1, 0.15) is 6.10 Å². The molecule has 0 saturated heterocycles. The predicted molar refractivity (Wildman–Crippen MR) is 125 cm³/mol. The monoisotopic (exact) mass is 480 g/mol. The Balaban J connectivity index is 0.000000294. The Morgan fingerprint density at radius 2 is 1.94 bits per heavy atom. The van der Waals surface area contributed by atoms with Crippen molar-refractivity contribution in [2.75, 3.05) is 0 Å². The van der Waals surface area contributed by atoms with E-state index in [-0.39, 0.29) is 17.0 Å². The van der Waals surface area contributed by atoms with Crippen LogP contribution in [-0.2, 0) is 32.6 Å². The van der Waals surface area contributed by atoms with Gasteiger partial charge in [-0.25, -0.2) is 0 Å². The average Bonchev–Trinajstić information content (AvgIpc) is 3.20. The maximum Gasteiger partial charge on any atom is 0.306 e. The summed E-state index contributed by atoms with van der Waals surface area (Å²) in [5.74, 6) is 2.17. The number of hydrogen-bond donors (Lipinski definition) is 2. The number of rotatable bonds is 7. The van der Waals surface area contributed by atoms with Gasteiger partial charge in [0.2, 0.25) is 0 Å². The first-order valence-electron chi connectivity index (χ1n) is 11.4. The van der Waals surface area contributed by atoms with Crippen molar-refractivity contribution in [2.45, 2.75) is 77.3 Å². The lowest BCUT2D eigenvalue weighted by atomic mass is 9.75. The second kappa shape index (κ2) is 12.3. The van der Waals surface area contributed by atoms with Crippen LogP contribution in [0.2, 0.25) is 0 Å². The van der Waals surface area contributed by atoms with E-state index in [1.54, 1.807) is 18.2 Å². The van der Waals surface area contributed by atoms with E-state index >= 15 is 0 Å². The quantitative estimate of drug-likeness (QED) is 0.442. The molecule has 1 aliphatic carbocycles. The molecule has 0 bridgehead atoms. The Bertz CT molecular complexity index is 985. The fourth-order valence-electron chi connectivity index (χ4n) is 3.99. The third-order valence-electron chi connectivity index (χ3n) is 5.96. The summed E-state index contributed by atoms with van der Waals surface area (Å²) in [4.78, 5) is 12.1. The molecule has 8 nitrogen and oxygen atoms in total. The minimum absolute atomic E-state index is 0.0631. The molecule has 9 heteroatoms.